The zero-order valence-corrected chi connectivity index (χ0v) is 15.9. The molecule has 0 spiro atoms. The van der Waals surface area contributed by atoms with Gasteiger partial charge in [0.1, 0.15) is 5.15 Å². The highest BCUT2D eigenvalue weighted by atomic mass is 35.5. The van der Waals surface area contributed by atoms with Gasteiger partial charge in [-0.15, -0.1) is 0 Å². The van der Waals surface area contributed by atoms with Crippen molar-refractivity contribution < 1.29 is 14.3 Å². The molecule has 0 radical (unpaired) electrons. The van der Waals surface area contributed by atoms with Crippen molar-refractivity contribution in [2.75, 3.05) is 23.9 Å². The van der Waals surface area contributed by atoms with E-state index in [1.165, 1.54) is 11.0 Å². The first kappa shape index (κ1) is 19.5. The molecular weight excluding hydrogens is 356 g/mol. The number of carbonyl (C=O) groups excluding carboxylic acids is 2. The molecule has 0 aliphatic rings. The van der Waals surface area contributed by atoms with Crippen molar-refractivity contribution in [1.29, 1.82) is 0 Å². The highest BCUT2D eigenvalue weighted by Gasteiger charge is 2.11. The number of carbonyl (C=O) groups is 2. The van der Waals surface area contributed by atoms with Gasteiger partial charge in [0.25, 0.3) is 0 Å². The molecule has 2 amide bonds. The molecule has 0 unspecified atom stereocenters. The Hall–Kier alpha value is -2.80. The number of hydrogen-bond donors (Lipinski definition) is 1. The molecule has 0 aliphatic heterocycles. The van der Waals surface area contributed by atoms with Crippen molar-refractivity contribution in [3.05, 3.63) is 46.8 Å². The monoisotopic (exact) mass is 376 g/mol. The SMILES string of the molecule is CCOC(=O)N(C)c1ccc(NC(=O)C=Cc2c(C)nn(C)c2Cl)cc1. The minimum Gasteiger partial charge on any atom is -0.449 e. The van der Waals surface area contributed by atoms with Gasteiger partial charge in [-0.3, -0.25) is 14.4 Å². The molecule has 1 N–H and O–H groups in total. The Labute approximate surface area is 157 Å². The van der Waals surface area contributed by atoms with Gasteiger partial charge in [0.05, 0.1) is 12.3 Å². The van der Waals surface area contributed by atoms with Crippen LogP contribution < -0.4 is 10.2 Å². The summed E-state index contributed by atoms with van der Waals surface area (Å²) in [6.45, 7) is 3.88. The molecular formula is C18H21ClN4O3. The molecule has 8 heteroatoms. The van der Waals surface area contributed by atoms with Gasteiger partial charge in [-0.2, -0.15) is 5.10 Å². The Morgan fingerprint density at radius 2 is 2.00 bits per heavy atom. The summed E-state index contributed by atoms with van der Waals surface area (Å²) in [4.78, 5) is 25.2. The molecule has 0 bridgehead atoms. The zero-order chi connectivity index (χ0) is 19.3. The standard InChI is InChI=1S/C18H21ClN4O3/c1-5-26-18(25)22(3)14-8-6-13(7-9-14)20-16(24)11-10-15-12(2)21-23(4)17(15)19/h6-11H,5H2,1-4H3,(H,20,24). The Balaban J connectivity index is 2.01. The van der Waals surface area contributed by atoms with Crippen molar-refractivity contribution in [2.24, 2.45) is 7.05 Å². The van der Waals surface area contributed by atoms with Crippen molar-refractivity contribution >= 4 is 41.1 Å². The van der Waals surface area contributed by atoms with E-state index >= 15 is 0 Å². The lowest BCUT2D eigenvalue weighted by molar-refractivity contribution is -0.111. The molecule has 1 aromatic heterocycles. The number of ether oxygens (including phenoxy) is 1. The van der Waals surface area contributed by atoms with E-state index in [0.29, 0.717) is 28.7 Å². The van der Waals surface area contributed by atoms with Gasteiger partial charge in [-0.25, -0.2) is 4.79 Å². The van der Waals surface area contributed by atoms with Crippen LogP contribution >= 0.6 is 11.6 Å². The second-order valence-electron chi connectivity index (χ2n) is 5.54. The summed E-state index contributed by atoms with van der Waals surface area (Å²) >= 11 is 6.13. The quantitative estimate of drug-likeness (QED) is 0.808. The highest BCUT2D eigenvalue weighted by Crippen LogP contribution is 2.20. The number of nitrogens with one attached hydrogen (secondary N) is 1. The zero-order valence-electron chi connectivity index (χ0n) is 15.1. The van der Waals surface area contributed by atoms with Crippen molar-refractivity contribution in [2.45, 2.75) is 13.8 Å². The molecule has 0 fully saturated rings. The molecule has 138 valence electrons. The van der Waals surface area contributed by atoms with Crippen molar-refractivity contribution in [3.8, 4) is 0 Å². The molecule has 0 saturated carbocycles. The van der Waals surface area contributed by atoms with E-state index in [1.54, 1.807) is 56.0 Å². The van der Waals surface area contributed by atoms with Crippen LogP contribution in [0.1, 0.15) is 18.2 Å². The summed E-state index contributed by atoms with van der Waals surface area (Å²) < 4.78 is 6.49. The first-order valence-electron chi connectivity index (χ1n) is 8.02. The molecule has 0 atom stereocenters. The minimum atomic E-state index is -0.434. The molecule has 26 heavy (non-hydrogen) atoms. The average Bonchev–Trinajstić information content (AvgIpc) is 2.85. The van der Waals surface area contributed by atoms with E-state index < -0.39 is 6.09 Å². The van der Waals surface area contributed by atoms with Crippen LogP contribution in [-0.4, -0.2) is 35.4 Å². The van der Waals surface area contributed by atoms with E-state index in [0.717, 1.165) is 5.69 Å². The molecule has 1 aromatic carbocycles. The lowest BCUT2D eigenvalue weighted by Crippen LogP contribution is -2.26. The topological polar surface area (TPSA) is 76.5 Å². The summed E-state index contributed by atoms with van der Waals surface area (Å²) in [5, 5.41) is 7.40. The van der Waals surface area contributed by atoms with Gasteiger partial charge in [-0.05, 0) is 44.2 Å². The number of aryl methyl sites for hydroxylation is 2. The largest absolute Gasteiger partial charge is 0.449 e. The van der Waals surface area contributed by atoms with Gasteiger partial charge in [0.2, 0.25) is 5.91 Å². The number of nitrogens with zero attached hydrogens (tertiary/aromatic N) is 3. The molecule has 1 heterocycles. The summed E-state index contributed by atoms with van der Waals surface area (Å²) in [6.07, 6.45) is 2.59. The Kier molecular flexibility index (Phi) is 6.41. The van der Waals surface area contributed by atoms with Crippen LogP contribution in [0.2, 0.25) is 5.15 Å². The average molecular weight is 377 g/mol. The second kappa shape index (κ2) is 8.53. The number of rotatable bonds is 5. The fourth-order valence-corrected chi connectivity index (χ4v) is 2.51. The van der Waals surface area contributed by atoms with E-state index in [2.05, 4.69) is 10.4 Å². The van der Waals surface area contributed by atoms with Crippen LogP contribution in [0.4, 0.5) is 16.2 Å². The summed E-state index contributed by atoms with van der Waals surface area (Å²) in [5.41, 5.74) is 2.72. The van der Waals surface area contributed by atoms with Crippen LogP contribution in [0, 0.1) is 6.92 Å². The van der Waals surface area contributed by atoms with E-state index in [1.807, 2.05) is 6.92 Å². The molecule has 0 aliphatic carbocycles. The Morgan fingerprint density at radius 3 is 2.54 bits per heavy atom. The smallest absolute Gasteiger partial charge is 0.413 e. The number of halogens is 1. The van der Waals surface area contributed by atoms with E-state index in [9.17, 15) is 9.59 Å². The van der Waals surface area contributed by atoms with E-state index in [4.69, 9.17) is 16.3 Å². The van der Waals surface area contributed by atoms with Gasteiger partial charge in [0.15, 0.2) is 0 Å². The lowest BCUT2D eigenvalue weighted by Gasteiger charge is -2.16. The van der Waals surface area contributed by atoms with Gasteiger partial charge in [0, 0.05) is 37.1 Å². The summed E-state index contributed by atoms with van der Waals surface area (Å²) in [6, 6.07) is 6.86. The fourth-order valence-electron chi connectivity index (χ4n) is 2.27. The maximum absolute atomic E-state index is 12.1. The first-order chi connectivity index (χ1) is 12.3. The van der Waals surface area contributed by atoms with Crippen molar-refractivity contribution in [3.63, 3.8) is 0 Å². The maximum atomic E-state index is 12.1. The van der Waals surface area contributed by atoms with Gasteiger partial charge >= 0.3 is 6.09 Å². The molecule has 7 nitrogen and oxygen atoms in total. The number of amides is 2. The molecule has 2 aromatic rings. The lowest BCUT2D eigenvalue weighted by atomic mass is 10.2. The second-order valence-corrected chi connectivity index (χ2v) is 5.90. The van der Waals surface area contributed by atoms with Crippen molar-refractivity contribution in [1.82, 2.24) is 9.78 Å². The number of benzene rings is 1. The number of hydrogen-bond acceptors (Lipinski definition) is 4. The normalized spacial score (nSPS) is 10.8. The third kappa shape index (κ3) is 4.64. The summed E-state index contributed by atoms with van der Waals surface area (Å²) in [5.74, 6) is -0.296. The van der Waals surface area contributed by atoms with Crippen LogP contribution in [0.25, 0.3) is 6.08 Å². The fraction of sp³-hybridized carbons (Fsp3) is 0.278. The van der Waals surface area contributed by atoms with Crippen LogP contribution in [0.3, 0.4) is 0 Å². The predicted octanol–water partition coefficient (Wildman–Crippen LogP) is 3.63. The highest BCUT2D eigenvalue weighted by molar-refractivity contribution is 6.31. The third-order valence-electron chi connectivity index (χ3n) is 3.66. The Bertz CT molecular complexity index is 828. The van der Waals surface area contributed by atoms with Crippen LogP contribution in [0.5, 0.6) is 0 Å². The van der Waals surface area contributed by atoms with Gasteiger partial charge in [-0.1, -0.05) is 11.6 Å². The predicted molar refractivity (Wildman–Crippen MR) is 102 cm³/mol. The summed E-state index contributed by atoms with van der Waals surface area (Å²) in [7, 11) is 3.36. The maximum Gasteiger partial charge on any atom is 0.413 e. The molecule has 0 saturated heterocycles. The molecule has 2 rings (SSSR count). The van der Waals surface area contributed by atoms with Gasteiger partial charge < -0.3 is 10.1 Å². The van der Waals surface area contributed by atoms with E-state index in [-0.39, 0.29) is 5.91 Å². The van der Waals surface area contributed by atoms with Crippen LogP contribution in [0.15, 0.2) is 30.3 Å². The number of anilines is 2. The third-order valence-corrected chi connectivity index (χ3v) is 4.11. The number of aromatic nitrogens is 2. The first-order valence-corrected chi connectivity index (χ1v) is 8.40. The van der Waals surface area contributed by atoms with Crippen LogP contribution in [-0.2, 0) is 16.6 Å². The minimum absolute atomic E-state index is 0.296. The Morgan fingerprint density at radius 1 is 1.35 bits per heavy atom.